The average Bonchev–Trinajstić information content (AvgIpc) is 2.40. The number of benzene rings is 1. The highest BCUT2D eigenvalue weighted by Gasteiger charge is 2.17. The fourth-order valence-corrected chi connectivity index (χ4v) is 2.83. The van der Waals surface area contributed by atoms with Gasteiger partial charge in [0.15, 0.2) is 0 Å². The predicted octanol–water partition coefficient (Wildman–Crippen LogP) is 1.23. The molecule has 1 heterocycles. The highest BCUT2D eigenvalue weighted by molar-refractivity contribution is 7.85. The third-order valence-electron chi connectivity index (χ3n) is 2.93. The van der Waals surface area contributed by atoms with Gasteiger partial charge in [0.25, 0.3) is 0 Å². The average molecular weight is 285 g/mol. The van der Waals surface area contributed by atoms with E-state index in [4.69, 9.17) is 4.74 Å². The van der Waals surface area contributed by atoms with Gasteiger partial charge in [-0.15, -0.1) is 0 Å². The molecule has 0 radical (unpaired) electrons. The van der Waals surface area contributed by atoms with Crippen molar-refractivity contribution in [2.75, 3.05) is 19.0 Å². The number of amides is 1. The van der Waals surface area contributed by atoms with Crippen LogP contribution in [0.15, 0.2) is 29.2 Å². The number of halogens is 1. The normalized spacial score (nSPS) is 17.9. The zero-order chi connectivity index (χ0) is 13.7. The molecule has 0 spiro atoms. The number of hydrogen-bond donors (Lipinski definition) is 1. The lowest BCUT2D eigenvalue weighted by Crippen LogP contribution is -2.40. The molecule has 1 aliphatic rings. The quantitative estimate of drug-likeness (QED) is 0.905. The van der Waals surface area contributed by atoms with E-state index >= 15 is 0 Å². The van der Waals surface area contributed by atoms with Gasteiger partial charge < -0.3 is 10.1 Å². The van der Waals surface area contributed by atoms with Gasteiger partial charge in [-0.3, -0.25) is 9.00 Å². The molecule has 1 aliphatic heterocycles. The molecule has 1 unspecified atom stereocenters. The molecule has 0 saturated carbocycles. The Morgan fingerprint density at radius 2 is 1.95 bits per heavy atom. The van der Waals surface area contributed by atoms with Gasteiger partial charge >= 0.3 is 0 Å². The Bertz CT molecular complexity index is 457. The molecule has 1 aromatic rings. The smallest absolute Gasteiger partial charge is 0.233 e. The minimum absolute atomic E-state index is 0.0943. The van der Waals surface area contributed by atoms with Crippen LogP contribution in [0.3, 0.4) is 0 Å². The van der Waals surface area contributed by atoms with Gasteiger partial charge in [0.2, 0.25) is 5.91 Å². The lowest BCUT2D eigenvalue weighted by molar-refractivity contribution is -0.119. The van der Waals surface area contributed by atoms with Crippen molar-refractivity contribution in [3.8, 4) is 0 Å². The van der Waals surface area contributed by atoms with Crippen LogP contribution in [0.4, 0.5) is 4.39 Å². The summed E-state index contributed by atoms with van der Waals surface area (Å²) in [6.07, 6.45) is 1.57. The second kappa shape index (κ2) is 6.77. The molecule has 1 atom stereocenters. The van der Waals surface area contributed by atoms with Crippen LogP contribution in [0, 0.1) is 5.82 Å². The summed E-state index contributed by atoms with van der Waals surface area (Å²) in [6, 6.07) is 5.46. The van der Waals surface area contributed by atoms with E-state index in [2.05, 4.69) is 5.32 Å². The van der Waals surface area contributed by atoms with E-state index in [0.29, 0.717) is 18.1 Å². The Morgan fingerprint density at radius 3 is 2.58 bits per heavy atom. The fraction of sp³-hybridized carbons (Fsp3) is 0.462. The SMILES string of the molecule is O=C(CS(=O)c1ccc(F)cc1)NC1CCOCC1. The summed E-state index contributed by atoms with van der Waals surface area (Å²) in [4.78, 5) is 12.2. The molecule has 6 heteroatoms. The van der Waals surface area contributed by atoms with Crippen LogP contribution in [-0.2, 0) is 20.3 Å². The zero-order valence-electron chi connectivity index (χ0n) is 10.4. The van der Waals surface area contributed by atoms with Crippen molar-refractivity contribution in [3.05, 3.63) is 30.1 Å². The zero-order valence-corrected chi connectivity index (χ0v) is 11.2. The largest absolute Gasteiger partial charge is 0.381 e. The summed E-state index contributed by atoms with van der Waals surface area (Å²) >= 11 is 0. The summed E-state index contributed by atoms with van der Waals surface area (Å²) in [5, 5.41) is 2.84. The van der Waals surface area contributed by atoms with Crippen LogP contribution in [0.1, 0.15) is 12.8 Å². The molecular weight excluding hydrogens is 269 g/mol. The summed E-state index contributed by atoms with van der Waals surface area (Å²) in [5.74, 6) is -0.717. The lowest BCUT2D eigenvalue weighted by atomic mass is 10.1. The maximum atomic E-state index is 12.7. The van der Waals surface area contributed by atoms with E-state index in [-0.39, 0.29) is 23.5 Å². The highest BCUT2D eigenvalue weighted by Crippen LogP contribution is 2.09. The van der Waals surface area contributed by atoms with Crippen molar-refractivity contribution in [2.24, 2.45) is 0 Å². The van der Waals surface area contributed by atoms with Crippen molar-refractivity contribution < 1.29 is 18.1 Å². The Morgan fingerprint density at radius 1 is 1.32 bits per heavy atom. The Balaban J connectivity index is 1.84. The van der Waals surface area contributed by atoms with E-state index in [1.165, 1.54) is 24.3 Å². The van der Waals surface area contributed by atoms with Gasteiger partial charge in [0.05, 0.1) is 10.8 Å². The standard InChI is InChI=1S/C13H16FNO3S/c14-10-1-3-12(4-2-10)19(17)9-13(16)15-11-5-7-18-8-6-11/h1-4,11H,5-9H2,(H,15,16). The van der Waals surface area contributed by atoms with Crippen molar-refractivity contribution in [2.45, 2.75) is 23.8 Å². The minimum Gasteiger partial charge on any atom is -0.381 e. The molecule has 0 aliphatic carbocycles. The molecule has 4 nitrogen and oxygen atoms in total. The number of carbonyl (C=O) groups excluding carboxylic acids is 1. The van der Waals surface area contributed by atoms with Crippen molar-refractivity contribution in [1.82, 2.24) is 5.32 Å². The van der Waals surface area contributed by atoms with Gasteiger partial charge in [0.1, 0.15) is 11.6 Å². The highest BCUT2D eigenvalue weighted by atomic mass is 32.2. The molecular formula is C13H16FNO3S. The predicted molar refractivity (Wildman–Crippen MR) is 69.7 cm³/mol. The monoisotopic (exact) mass is 285 g/mol. The van der Waals surface area contributed by atoms with Crippen LogP contribution in [0.25, 0.3) is 0 Å². The first-order valence-corrected chi connectivity index (χ1v) is 7.48. The van der Waals surface area contributed by atoms with E-state index in [9.17, 15) is 13.4 Å². The van der Waals surface area contributed by atoms with E-state index in [1.807, 2.05) is 0 Å². The summed E-state index contributed by atoms with van der Waals surface area (Å²) in [7, 11) is -1.44. The van der Waals surface area contributed by atoms with Crippen LogP contribution in [0.5, 0.6) is 0 Å². The van der Waals surface area contributed by atoms with Gasteiger partial charge in [-0.2, -0.15) is 0 Å². The molecule has 1 N–H and O–H groups in total. The fourth-order valence-electron chi connectivity index (χ4n) is 1.90. The first-order valence-electron chi connectivity index (χ1n) is 6.16. The third-order valence-corrected chi connectivity index (χ3v) is 4.25. The lowest BCUT2D eigenvalue weighted by Gasteiger charge is -2.22. The molecule has 104 valence electrons. The second-order valence-corrected chi connectivity index (χ2v) is 5.85. The maximum Gasteiger partial charge on any atom is 0.233 e. The number of ether oxygens (including phenoxy) is 1. The van der Waals surface area contributed by atoms with Crippen molar-refractivity contribution in [3.63, 3.8) is 0 Å². The van der Waals surface area contributed by atoms with Crippen molar-refractivity contribution in [1.29, 1.82) is 0 Å². The molecule has 2 rings (SSSR count). The molecule has 19 heavy (non-hydrogen) atoms. The summed E-state index contributed by atoms with van der Waals surface area (Å²) in [6.45, 7) is 1.29. The van der Waals surface area contributed by atoms with E-state index in [0.717, 1.165) is 12.8 Å². The van der Waals surface area contributed by atoms with Crippen LogP contribution in [-0.4, -0.2) is 35.1 Å². The third kappa shape index (κ3) is 4.40. The van der Waals surface area contributed by atoms with Gasteiger partial charge in [-0.05, 0) is 37.1 Å². The number of rotatable bonds is 4. The summed E-state index contributed by atoms with van der Waals surface area (Å²) in [5.41, 5.74) is 0. The Kier molecular flexibility index (Phi) is 5.04. The van der Waals surface area contributed by atoms with Crippen LogP contribution >= 0.6 is 0 Å². The first kappa shape index (κ1) is 14.1. The molecule has 1 aromatic carbocycles. The topological polar surface area (TPSA) is 55.4 Å². The second-order valence-electron chi connectivity index (χ2n) is 4.40. The minimum atomic E-state index is -1.44. The molecule has 1 saturated heterocycles. The number of nitrogens with one attached hydrogen (secondary N) is 1. The Hall–Kier alpha value is -1.27. The Labute approximate surface area is 113 Å². The number of carbonyl (C=O) groups is 1. The maximum absolute atomic E-state index is 12.7. The van der Waals surface area contributed by atoms with Crippen molar-refractivity contribution >= 4 is 16.7 Å². The molecule has 0 aromatic heterocycles. The van der Waals surface area contributed by atoms with E-state index < -0.39 is 10.8 Å². The van der Waals surface area contributed by atoms with Crippen LogP contribution < -0.4 is 5.32 Å². The van der Waals surface area contributed by atoms with E-state index in [1.54, 1.807) is 0 Å². The molecule has 1 amide bonds. The molecule has 0 bridgehead atoms. The van der Waals surface area contributed by atoms with Gasteiger partial charge in [-0.25, -0.2) is 4.39 Å². The summed E-state index contributed by atoms with van der Waals surface area (Å²) < 4.78 is 29.8. The number of hydrogen-bond acceptors (Lipinski definition) is 3. The van der Waals surface area contributed by atoms with Crippen LogP contribution in [0.2, 0.25) is 0 Å². The molecule has 1 fully saturated rings. The first-order chi connectivity index (χ1) is 9.15. The van der Waals surface area contributed by atoms with Gasteiger partial charge in [0, 0.05) is 24.2 Å². The van der Waals surface area contributed by atoms with Gasteiger partial charge in [-0.1, -0.05) is 0 Å².